The molecule has 1 unspecified atom stereocenters. The van der Waals surface area contributed by atoms with Crippen LogP contribution in [0.15, 0.2) is 71.2 Å². The number of amides is 1. The van der Waals surface area contributed by atoms with E-state index >= 15 is 0 Å². The monoisotopic (exact) mass is 478 g/mol. The number of cyclic esters (lactones) is 1. The van der Waals surface area contributed by atoms with E-state index in [-0.39, 0.29) is 18.0 Å². The van der Waals surface area contributed by atoms with E-state index < -0.39 is 0 Å². The van der Waals surface area contributed by atoms with Crippen LogP contribution in [0, 0.1) is 0 Å². The van der Waals surface area contributed by atoms with Gasteiger partial charge in [0.05, 0.1) is 15.8 Å². The predicted molar refractivity (Wildman–Crippen MR) is 120 cm³/mol. The van der Waals surface area contributed by atoms with Crippen LogP contribution in [0.3, 0.4) is 0 Å². The second-order valence-corrected chi connectivity index (χ2v) is 8.91. The number of ether oxygens (including phenoxy) is 1. The maximum Gasteiger partial charge on any atom is 0.339 e. The van der Waals surface area contributed by atoms with Gasteiger partial charge in [-0.25, -0.2) is 9.78 Å². The third-order valence-corrected chi connectivity index (χ3v) is 6.41. The molecule has 0 spiro atoms. The highest BCUT2D eigenvalue weighted by Gasteiger charge is 2.28. The molecule has 30 heavy (non-hydrogen) atoms. The van der Waals surface area contributed by atoms with Gasteiger partial charge in [-0.1, -0.05) is 57.6 Å². The van der Waals surface area contributed by atoms with Gasteiger partial charge in [-0.05, 0) is 47.5 Å². The van der Waals surface area contributed by atoms with Crippen LogP contribution < -0.4 is 5.32 Å². The third kappa shape index (κ3) is 3.62. The molecular weight excluding hydrogens is 464 g/mol. The van der Waals surface area contributed by atoms with E-state index in [1.165, 1.54) is 11.3 Å². The van der Waals surface area contributed by atoms with E-state index in [2.05, 4.69) is 26.2 Å². The lowest BCUT2D eigenvalue weighted by Crippen LogP contribution is -2.23. The summed E-state index contributed by atoms with van der Waals surface area (Å²) >= 11 is 4.86. The zero-order chi connectivity index (χ0) is 20.7. The molecular formula is C23H15BrN2O3S. The van der Waals surface area contributed by atoms with Gasteiger partial charge in [-0.3, -0.25) is 10.1 Å². The SMILES string of the molecule is O=C(Nc1nc2ccc(Br)cc2s1)c1ccc2c(c1)CC(c1ccccc1)OC2=O. The van der Waals surface area contributed by atoms with Crippen LogP contribution in [0.4, 0.5) is 5.13 Å². The molecule has 0 saturated carbocycles. The van der Waals surface area contributed by atoms with E-state index in [4.69, 9.17) is 4.74 Å². The Balaban J connectivity index is 1.40. The second-order valence-electron chi connectivity index (χ2n) is 6.97. The number of carbonyl (C=O) groups is 2. The Morgan fingerprint density at radius 3 is 2.77 bits per heavy atom. The fourth-order valence-corrected chi connectivity index (χ4v) is 4.92. The molecule has 148 valence electrons. The van der Waals surface area contributed by atoms with E-state index in [0.29, 0.717) is 22.7 Å². The molecule has 5 rings (SSSR count). The number of hydrogen-bond donors (Lipinski definition) is 1. The minimum absolute atomic E-state index is 0.258. The molecule has 0 saturated heterocycles. The van der Waals surface area contributed by atoms with Crippen molar-refractivity contribution in [3.8, 4) is 0 Å². The van der Waals surface area contributed by atoms with Crippen LogP contribution in [0.2, 0.25) is 0 Å². The number of rotatable bonds is 3. The zero-order valence-electron chi connectivity index (χ0n) is 15.6. The van der Waals surface area contributed by atoms with Crippen molar-refractivity contribution in [2.24, 2.45) is 0 Å². The summed E-state index contributed by atoms with van der Waals surface area (Å²) in [5, 5.41) is 3.40. The summed E-state index contributed by atoms with van der Waals surface area (Å²) in [6.07, 6.45) is 0.175. The average molecular weight is 479 g/mol. The average Bonchev–Trinajstić information content (AvgIpc) is 3.15. The van der Waals surface area contributed by atoms with E-state index in [1.54, 1.807) is 18.2 Å². The second kappa shape index (κ2) is 7.66. The molecule has 1 aliphatic heterocycles. The number of hydrogen-bond acceptors (Lipinski definition) is 5. The third-order valence-electron chi connectivity index (χ3n) is 4.98. The van der Waals surface area contributed by atoms with Gasteiger partial charge in [0.15, 0.2) is 5.13 Å². The standard InChI is InChI=1S/C23H15BrN2O3S/c24-16-7-9-18-20(12-16)30-23(25-18)26-21(27)14-6-8-17-15(10-14)11-19(29-22(17)28)13-4-2-1-3-5-13/h1-10,12,19H,11H2,(H,25,26,27). The van der Waals surface area contributed by atoms with Crippen LogP contribution in [-0.4, -0.2) is 16.9 Å². The van der Waals surface area contributed by atoms with Gasteiger partial charge < -0.3 is 4.74 Å². The maximum absolute atomic E-state index is 12.8. The molecule has 1 amide bonds. The number of nitrogens with zero attached hydrogens (tertiary/aromatic N) is 1. The molecule has 1 N–H and O–H groups in total. The van der Waals surface area contributed by atoms with Crippen molar-refractivity contribution in [2.45, 2.75) is 12.5 Å². The predicted octanol–water partition coefficient (Wildman–Crippen LogP) is 5.77. The number of anilines is 1. The van der Waals surface area contributed by atoms with Gasteiger partial charge in [0.2, 0.25) is 0 Å². The van der Waals surface area contributed by atoms with Gasteiger partial charge in [0.25, 0.3) is 5.91 Å². The number of thiazole rings is 1. The first-order valence-corrected chi connectivity index (χ1v) is 10.9. The zero-order valence-corrected chi connectivity index (χ0v) is 18.0. The highest BCUT2D eigenvalue weighted by Crippen LogP contribution is 2.32. The summed E-state index contributed by atoms with van der Waals surface area (Å²) in [6.45, 7) is 0. The van der Waals surface area contributed by atoms with Gasteiger partial charge in [0, 0.05) is 16.5 Å². The van der Waals surface area contributed by atoms with Crippen LogP contribution in [-0.2, 0) is 11.2 Å². The Labute approximate surface area is 184 Å². The Kier molecular flexibility index (Phi) is 4.84. The molecule has 5 nitrogen and oxygen atoms in total. The van der Waals surface area contributed by atoms with Crippen molar-refractivity contribution in [3.63, 3.8) is 0 Å². The summed E-state index contributed by atoms with van der Waals surface area (Å²) in [6, 6.07) is 20.5. The summed E-state index contributed by atoms with van der Waals surface area (Å²) in [4.78, 5) is 29.7. The van der Waals surface area contributed by atoms with Gasteiger partial charge in [0.1, 0.15) is 6.10 Å². The highest BCUT2D eigenvalue weighted by atomic mass is 79.9. The topological polar surface area (TPSA) is 68.3 Å². The summed E-state index contributed by atoms with van der Waals surface area (Å²) in [5.74, 6) is -0.625. The first-order valence-electron chi connectivity index (χ1n) is 9.33. The smallest absolute Gasteiger partial charge is 0.339 e. The van der Waals surface area contributed by atoms with Gasteiger partial charge in [-0.2, -0.15) is 0 Å². The van der Waals surface area contributed by atoms with Crippen LogP contribution in [0.25, 0.3) is 10.2 Å². The molecule has 1 aliphatic rings. The lowest BCUT2D eigenvalue weighted by atomic mass is 9.93. The van der Waals surface area contributed by atoms with Crippen molar-refractivity contribution < 1.29 is 14.3 Å². The summed E-state index contributed by atoms with van der Waals surface area (Å²) in [5.41, 5.74) is 3.56. The van der Waals surface area contributed by atoms with Crippen LogP contribution in [0.1, 0.15) is 37.9 Å². The molecule has 0 radical (unpaired) electrons. The first-order chi connectivity index (χ1) is 14.6. The highest BCUT2D eigenvalue weighted by molar-refractivity contribution is 9.10. The number of aromatic nitrogens is 1. The lowest BCUT2D eigenvalue weighted by Gasteiger charge is -2.25. The first kappa shape index (κ1) is 19.0. The molecule has 7 heteroatoms. The molecule has 3 aromatic carbocycles. The molecule has 2 heterocycles. The Bertz CT molecular complexity index is 1290. The van der Waals surface area contributed by atoms with Crippen molar-refractivity contribution >= 4 is 54.5 Å². The maximum atomic E-state index is 12.8. The molecule has 0 bridgehead atoms. The van der Waals surface area contributed by atoms with Gasteiger partial charge >= 0.3 is 5.97 Å². The summed E-state index contributed by atoms with van der Waals surface area (Å²) in [7, 11) is 0. The van der Waals surface area contributed by atoms with Crippen molar-refractivity contribution in [2.75, 3.05) is 5.32 Å². The number of benzene rings is 3. The molecule has 0 aliphatic carbocycles. The minimum Gasteiger partial charge on any atom is -0.454 e. The molecule has 1 aromatic heterocycles. The number of fused-ring (bicyclic) bond motifs is 2. The molecule has 0 fully saturated rings. The van der Waals surface area contributed by atoms with Crippen molar-refractivity contribution in [1.29, 1.82) is 0 Å². The number of halogens is 1. The fourth-order valence-electron chi connectivity index (χ4n) is 3.51. The molecule has 4 aromatic rings. The van der Waals surface area contributed by atoms with Crippen molar-refractivity contribution in [3.05, 3.63) is 93.5 Å². The van der Waals surface area contributed by atoms with Gasteiger partial charge in [-0.15, -0.1) is 0 Å². The summed E-state index contributed by atoms with van der Waals surface area (Å²) < 4.78 is 7.54. The quantitative estimate of drug-likeness (QED) is 0.379. The van der Waals surface area contributed by atoms with Crippen molar-refractivity contribution in [1.82, 2.24) is 4.98 Å². The van der Waals surface area contributed by atoms with E-state index in [0.717, 1.165) is 25.8 Å². The number of esters is 1. The Morgan fingerprint density at radius 1 is 1.10 bits per heavy atom. The van der Waals surface area contributed by atoms with E-state index in [1.807, 2.05) is 48.5 Å². The largest absolute Gasteiger partial charge is 0.454 e. The van der Waals surface area contributed by atoms with E-state index in [9.17, 15) is 9.59 Å². The molecule has 1 atom stereocenters. The lowest BCUT2D eigenvalue weighted by molar-refractivity contribution is 0.0252. The minimum atomic E-state index is -0.367. The Morgan fingerprint density at radius 2 is 1.93 bits per heavy atom. The van der Waals surface area contributed by atoms with Crippen LogP contribution >= 0.6 is 27.3 Å². The fraction of sp³-hybridized carbons (Fsp3) is 0.0870. The normalized spacial score (nSPS) is 15.5. The number of carbonyl (C=O) groups excluding carboxylic acids is 2. The Hall–Kier alpha value is -3.03. The number of nitrogens with one attached hydrogen (secondary N) is 1. The van der Waals surface area contributed by atoms with Crippen LogP contribution in [0.5, 0.6) is 0 Å².